The molecule has 3 rings (SSSR count). The molecule has 1 saturated carbocycles. The minimum absolute atomic E-state index is 0.195. The fourth-order valence-electron chi connectivity index (χ4n) is 3.06. The molecule has 1 aromatic heterocycles. The molecular weight excluding hydrogens is 263 g/mol. The van der Waals surface area contributed by atoms with Gasteiger partial charge in [-0.2, -0.15) is 0 Å². The van der Waals surface area contributed by atoms with Crippen molar-refractivity contribution in [2.45, 2.75) is 45.0 Å². The van der Waals surface area contributed by atoms with Gasteiger partial charge in [-0.25, -0.2) is 9.37 Å². The molecule has 1 heterocycles. The van der Waals surface area contributed by atoms with Crippen molar-refractivity contribution >= 4 is 22.6 Å². The molecule has 0 amide bonds. The predicted molar refractivity (Wildman–Crippen MR) is 75.9 cm³/mol. The summed E-state index contributed by atoms with van der Waals surface area (Å²) in [5.74, 6) is 1.75. The van der Waals surface area contributed by atoms with Crippen molar-refractivity contribution in [2.24, 2.45) is 5.92 Å². The van der Waals surface area contributed by atoms with Crippen LogP contribution < -0.4 is 0 Å². The second-order valence-corrected chi connectivity index (χ2v) is 5.78. The van der Waals surface area contributed by atoms with Crippen LogP contribution in [0.5, 0.6) is 0 Å². The fourth-order valence-corrected chi connectivity index (χ4v) is 3.26. The zero-order valence-corrected chi connectivity index (χ0v) is 11.9. The van der Waals surface area contributed by atoms with E-state index in [4.69, 9.17) is 11.6 Å². The summed E-state index contributed by atoms with van der Waals surface area (Å²) in [6.07, 6.45) is 5.20. The molecule has 0 unspecified atom stereocenters. The van der Waals surface area contributed by atoms with E-state index in [-0.39, 0.29) is 5.82 Å². The lowest BCUT2D eigenvalue weighted by Gasteiger charge is -2.13. The van der Waals surface area contributed by atoms with Crippen LogP contribution in [0.25, 0.3) is 11.0 Å². The number of benzene rings is 1. The Hall–Kier alpha value is -1.09. The molecular formula is C15H18ClFN2. The van der Waals surface area contributed by atoms with Crippen molar-refractivity contribution in [3.63, 3.8) is 0 Å². The van der Waals surface area contributed by atoms with Gasteiger partial charge in [0.15, 0.2) is 0 Å². The first-order valence-electron chi connectivity index (χ1n) is 6.90. The van der Waals surface area contributed by atoms with E-state index >= 15 is 0 Å². The first kappa shape index (κ1) is 12.9. The van der Waals surface area contributed by atoms with Crippen LogP contribution in [0.4, 0.5) is 4.39 Å². The van der Waals surface area contributed by atoms with Gasteiger partial charge in [-0.3, -0.25) is 0 Å². The van der Waals surface area contributed by atoms with E-state index in [2.05, 4.69) is 9.55 Å². The standard InChI is InChI=1S/C15H18ClFN2/c1-10-6-14-13(7-12(10)17)18-15(8-16)19(14)9-11-4-2-3-5-11/h6-7,11H,2-5,8-9H2,1H3. The minimum Gasteiger partial charge on any atom is -0.327 e. The van der Waals surface area contributed by atoms with Gasteiger partial charge in [0.25, 0.3) is 0 Å². The summed E-state index contributed by atoms with van der Waals surface area (Å²) in [5, 5.41) is 0. The van der Waals surface area contributed by atoms with Crippen LogP contribution in [-0.2, 0) is 12.4 Å². The Kier molecular flexibility index (Phi) is 3.48. The number of aromatic nitrogens is 2. The zero-order chi connectivity index (χ0) is 13.4. The van der Waals surface area contributed by atoms with E-state index in [0.29, 0.717) is 17.4 Å². The molecule has 1 fully saturated rings. The normalized spacial score (nSPS) is 16.6. The van der Waals surface area contributed by atoms with Crippen molar-refractivity contribution in [3.05, 3.63) is 29.3 Å². The highest BCUT2D eigenvalue weighted by molar-refractivity contribution is 6.16. The second kappa shape index (κ2) is 5.12. The largest absolute Gasteiger partial charge is 0.327 e. The lowest BCUT2D eigenvalue weighted by molar-refractivity contribution is 0.457. The van der Waals surface area contributed by atoms with Crippen molar-refractivity contribution in [2.75, 3.05) is 0 Å². The van der Waals surface area contributed by atoms with Crippen molar-refractivity contribution in [1.29, 1.82) is 0 Å². The van der Waals surface area contributed by atoms with Gasteiger partial charge >= 0.3 is 0 Å². The Balaban J connectivity index is 2.06. The average Bonchev–Trinajstić information content (AvgIpc) is 3.00. The fraction of sp³-hybridized carbons (Fsp3) is 0.533. The van der Waals surface area contributed by atoms with E-state index in [0.717, 1.165) is 23.4 Å². The first-order valence-corrected chi connectivity index (χ1v) is 7.43. The number of aryl methyl sites for hydroxylation is 1. The Morgan fingerprint density at radius 3 is 2.79 bits per heavy atom. The molecule has 0 aliphatic heterocycles. The van der Waals surface area contributed by atoms with E-state index < -0.39 is 0 Å². The number of halogens is 2. The Morgan fingerprint density at radius 2 is 2.11 bits per heavy atom. The molecule has 2 aromatic rings. The number of alkyl halides is 1. The second-order valence-electron chi connectivity index (χ2n) is 5.51. The predicted octanol–water partition coefficient (Wildman–Crippen LogP) is 4.41. The van der Waals surface area contributed by atoms with Crippen molar-refractivity contribution < 1.29 is 4.39 Å². The lowest BCUT2D eigenvalue weighted by atomic mass is 10.1. The Labute approximate surface area is 117 Å². The number of nitrogens with zero attached hydrogens (tertiary/aromatic N) is 2. The van der Waals surface area contributed by atoms with Gasteiger partial charge in [-0.15, -0.1) is 11.6 Å². The monoisotopic (exact) mass is 280 g/mol. The zero-order valence-electron chi connectivity index (χ0n) is 11.1. The van der Waals surface area contributed by atoms with Crippen LogP contribution in [0, 0.1) is 18.7 Å². The maximum Gasteiger partial charge on any atom is 0.128 e. The van der Waals surface area contributed by atoms with E-state index in [9.17, 15) is 4.39 Å². The SMILES string of the molecule is Cc1cc2c(cc1F)nc(CCl)n2CC1CCCC1. The maximum atomic E-state index is 13.6. The average molecular weight is 281 g/mol. The third kappa shape index (κ3) is 2.36. The summed E-state index contributed by atoms with van der Waals surface area (Å²) in [6, 6.07) is 3.41. The molecule has 0 spiro atoms. The molecule has 0 atom stereocenters. The summed E-state index contributed by atoms with van der Waals surface area (Å²) >= 11 is 5.99. The molecule has 0 bridgehead atoms. The topological polar surface area (TPSA) is 17.8 Å². The first-order chi connectivity index (χ1) is 9.19. The molecule has 0 saturated heterocycles. The smallest absolute Gasteiger partial charge is 0.128 e. The van der Waals surface area contributed by atoms with Crippen LogP contribution in [-0.4, -0.2) is 9.55 Å². The van der Waals surface area contributed by atoms with Crippen LogP contribution in [0.3, 0.4) is 0 Å². The molecule has 19 heavy (non-hydrogen) atoms. The third-order valence-corrected chi connectivity index (χ3v) is 4.38. The van der Waals surface area contributed by atoms with E-state index in [1.165, 1.54) is 31.7 Å². The van der Waals surface area contributed by atoms with Gasteiger partial charge in [0, 0.05) is 12.6 Å². The van der Waals surface area contributed by atoms with Crippen LogP contribution in [0.1, 0.15) is 37.1 Å². The van der Waals surface area contributed by atoms with Crippen molar-refractivity contribution in [1.82, 2.24) is 9.55 Å². The van der Waals surface area contributed by atoms with Crippen LogP contribution in [0.2, 0.25) is 0 Å². The molecule has 1 aromatic carbocycles. The van der Waals surface area contributed by atoms with E-state index in [1.54, 1.807) is 6.92 Å². The summed E-state index contributed by atoms with van der Waals surface area (Å²) in [6.45, 7) is 2.76. The summed E-state index contributed by atoms with van der Waals surface area (Å²) < 4.78 is 15.8. The number of hydrogen-bond donors (Lipinski definition) is 0. The minimum atomic E-state index is -0.195. The molecule has 4 heteroatoms. The van der Waals surface area contributed by atoms with Gasteiger partial charge in [0.1, 0.15) is 11.6 Å². The molecule has 0 N–H and O–H groups in total. The molecule has 102 valence electrons. The summed E-state index contributed by atoms with van der Waals surface area (Å²) in [5.41, 5.74) is 2.40. The van der Waals surface area contributed by atoms with Gasteiger partial charge in [0.2, 0.25) is 0 Å². The van der Waals surface area contributed by atoms with Gasteiger partial charge in [-0.1, -0.05) is 12.8 Å². The third-order valence-electron chi connectivity index (χ3n) is 4.14. The van der Waals surface area contributed by atoms with Crippen LogP contribution in [0.15, 0.2) is 12.1 Å². The van der Waals surface area contributed by atoms with E-state index in [1.807, 2.05) is 6.07 Å². The highest BCUT2D eigenvalue weighted by Gasteiger charge is 2.19. The Morgan fingerprint density at radius 1 is 1.37 bits per heavy atom. The number of rotatable bonds is 3. The maximum absolute atomic E-state index is 13.6. The van der Waals surface area contributed by atoms with Gasteiger partial charge in [-0.05, 0) is 37.3 Å². The van der Waals surface area contributed by atoms with Gasteiger partial charge < -0.3 is 4.57 Å². The molecule has 1 aliphatic rings. The Bertz CT molecular complexity index is 600. The summed E-state index contributed by atoms with van der Waals surface area (Å²) in [4.78, 5) is 4.47. The number of fused-ring (bicyclic) bond motifs is 1. The molecule has 0 radical (unpaired) electrons. The summed E-state index contributed by atoms with van der Waals surface area (Å²) in [7, 11) is 0. The number of hydrogen-bond acceptors (Lipinski definition) is 1. The van der Waals surface area contributed by atoms with Crippen LogP contribution >= 0.6 is 11.6 Å². The molecule has 2 nitrogen and oxygen atoms in total. The number of imidazole rings is 1. The highest BCUT2D eigenvalue weighted by atomic mass is 35.5. The van der Waals surface area contributed by atoms with Crippen molar-refractivity contribution in [3.8, 4) is 0 Å². The lowest BCUT2D eigenvalue weighted by Crippen LogP contribution is -2.10. The van der Waals surface area contributed by atoms with Gasteiger partial charge in [0.05, 0.1) is 16.9 Å². The molecule has 1 aliphatic carbocycles. The highest BCUT2D eigenvalue weighted by Crippen LogP contribution is 2.29. The quantitative estimate of drug-likeness (QED) is 0.762.